The molecule has 0 atom stereocenters. The van der Waals surface area contributed by atoms with Crippen LogP contribution in [0.25, 0.3) is 44.6 Å². The Labute approximate surface area is 161 Å². The topological polar surface area (TPSA) is 86.4 Å². The van der Waals surface area contributed by atoms with Gasteiger partial charge in [-0.15, -0.1) is 0 Å². The zero-order valence-electron chi connectivity index (χ0n) is 15.6. The standard InChI is InChI=1S/C21H19N7/c1-28(2)12-13-7-15(10-23-9-13)14-3-4-17-16(8-14)20(27-26-17)21-24-18-5-6-22-11-19(18)25-21/h3-11H,12H2,1-2H3,(H,24,25)(H,26,27). The van der Waals surface area contributed by atoms with Crippen LogP contribution >= 0.6 is 0 Å². The van der Waals surface area contributed by atoms with E-state index < -0.39 is 0 Å². The summed E-state index contributed by atoms with van der Waals surface area (Å²) in [6, 6.07) is 10.3. The van der Waals surface area contributed by atoms with Gasteiger partial charge in [0.1, 0.15) is 5.69 Å². The minimum absolute atomic E-state index is 0.728. The summed E-state index contributed by atoms with van der Waals surface area (Å²) in [5.74, 6) is 0.728. The normalized spacial score (nSPS) is 11.7. The van der Waals surface area contributed by atoms with E-state index in [0.717, 1.165) is 51.1 Å². The lowest BCUT2D eigenvalue weighted by atomic mass is 10.0. The van der Waals surface area contributed by atoms with Crippen molar-refractivity contribution in [1.29, 1.82) is 0 Å². The van der Waals surface area contributed by atoms with Crippen molar-refractivity contribution >= 4 is 21.9 Å². The van der Waals surface area contributed by atoms with E-state index in [9.17, 15) is 0 Å². The molecule has 1 aromatic carbocycles. The summed E-state index contributed by atoms with van der Waals surface area (Å²) < 4.78 is 0. The van der Waals surface area contributed by atoms with Gasteiger partial charge >= 0.3 is 0 Å². The van der Waals surface area contributed by atoms with Gasteiger partial charge in [0.05, 0.1) is 22.7 Å². The van der Waals surface area contributed by atoms with Crippen molar-refractivity contribution < 1.29 is 0 Å². The number of rotatable bonds is 4. The van der Waals surface area contributed by atoms with E-state index in [1.54, 1.807) is 12.4 Å². The molecule has 0 fully saturated rings. The number of H-pyrrole nitrogens is 2. The highest BCUT2D eigenvalue weighted by Crippen LogP contribution is 2.30. The molecule has 0 spiro atoms. The van der Waals surface area contributed by atoms with Gasteiger partial charge in [-0.25, -0.2) is 4.98 Å². The molecule has 0 aliphatic rings. The molecule has 0 bridgehead atoms. The molecular formula is C21H19N7. The average molecular weight is 369 g/mol. The van der Waals surface area contributed by atoms with Crippen LogP contribution in [0.2, 0.25) is 0 Å². The van der Waals surface area contributed by atoms with Crippen LogP contribution in [0.1, 0.15) is 5.56 Å². The Hall–Kier alpha value is -3.58. The maximum Gasteiger partial charge on any atom is 0.159 e. The minimum Gasteiger partial charge on any atom is -0.335 e. The van der Waals surface area contributed by atoms with Crippen LogP contribution in [-0.4, -0.2) is 49.1 Å². The van der Waals surface area contributed by atoms with Gasteiger partial charge in [-0.1, -0.05) is 6.07 Å². The fourth-order valence-electron chi connectivity index (χ4n) is 3.44. The van der Waals surface area contributed by atoms with Gasteiger partial charge in [-0.05, 0) is 49.5 Å². The van der Waals surface area contributed by atoms with Gasteiger partial charge in [0.15, 0.2) is 5.82 Å². The second-order valence-corrected chi connectivity index (χ2v) is 7.13. The van der Waals surface area contributed by atoms with E-state index in [0.29, 0.717) is 0 Å². The lowest BCUT2D eigenvalue weighted by Crippen LogP contribution is -2.10. The molecule has 0 aliphatic carbocycles. The third kappa shape index (κ3) is 2.91. The number of fused-ring (bicyclic) bond motifs is 2. The number of pyridine rings is 2. The van der Waals surface area contributed by atoms with Crippen molar-refractivity contribution in [1.82, 2.24) is 35.0 Å². The minimum atomic E-state index is 0.728. The van der Waals surface area contributed by atoms with Gasteiger partial charge < -0.3 is 9.88 Å². The number of aromatic amines is 2. The van der Waals surface area contributed by atoms with Crippen LogP contribution in [0, 0.1) is 0 Å². The van der Waals surface area contributed by atoms with E-state index in [2.05, 4.69) is 67.3 Å². The first kappa shape index (κ1) is 16.6. The van der Waals surface area contributed by atoms with Crippen LogP contribution in [0.4, 0.5) is 0 Å². The van der Waals surface area contributed by atoms with Gasteiger partial charge in [0.2, 0.25) is 0 Å². The monoisotopic (exact) mass is 369 g/mol. The molecule has 2 N–H and O–H groups in total. The number of benzene rings is 1. The summed E-state index contributed by atoms with van der Waals surface area (Å²) in [5, 5.41) is 8.61. The van der Waals surface area contributed by atoms with Crippen molar-refractivity contribution in [3.8, 4) is 22.6 Å². The maximum atomic E-state index is 4.66. The first-order valence-corrected chi connectivity index (χ1v) is 9.04. The van der Waals surface area contributed by atoms with Crippen LogP contribution in [-0.2, 0) is 6.54 Å². The summed E-state index contributed by atoms with van der Waals surface area (Å²) >= 11 is 0. The van der Waals surface area contributed by atoms with Crippen LogP contribution in [0.3, 0.4) is 0 Å². The molecular weight excluding hydrogens is 350 g/mol. The Morgan fingerprint density at radius 2 is 1.86 bits per heavy atom. The second-order valence-electron chi connectivity index (χ2n) is 7.13. The highest BCUT2D eigenvalue weighted by Gasteiger charge is 2.14. The number of aromatic nitrogens is 6. The number of nitrogens with one attached hydrogen (secondary N) is 2. The largest absolute Gasteiger partial charge is 0.335 e. The SMILES string of the molecule is CN(C)Cc1cncc(-c2ccc3[nH]nc(-c4nc5ccncc5[nH]4)c3c2)c1. The van der Waals surface area contributed by atoms with E-state index in [-0.39, 0.29) is 0 Å². The number of imidazole rings is 1. The Morgan fingerprint density at radius 1 is 0.929 bits per heavy atom. The predicted octanol–water partition coefficient (Wildman–Crippen LogP) is 3.62. The first-order valence-electron chi connectivity index (χ1n) is 9.04. The molecule has 28 heavy (non-hydrogen) atoms. The van der Waals surface area contributed by atoms with Crippen molar-refractivity contribution in [3.63, 3.8) is 0 Å². The highest BCUT2D eigenvalue weighted by molar-refractivity contribution is 5.95. The first-order chi connectivity index (χ1) is 13.7. The van der Waals surface area contributed by atoms with Crippen molar-refractivity contribution in [2.75, 3.05) is 14.1 Å². The van der Waals surface area contributed by atoms with E-state index in [1.165, 1.54) is 5.56 Å². The van der Waals surface area contributed by atoms with Gasteiger partial charge in [-0.2, -0.15) is 5.10 Å². The van der Waals surface area contributed by atoms with Gasteiger partial charge in [0, 0.05) is 36.1 Å². The molecule has 7 nitrogen and oxygen atoms in total. The van der Waals surface area contributed by atoms with Crippen molar-refractivity contribution in [2.45, 2.75) is 6.54 Å². The molecule has 138 valence electrons. The van der Waals surface area contributed by atoms with Crippen molar-refractivity contribution in [3.05, 3.63) is 60.7 Å². The quantitative estimate of drug-likeness (QED) is 0.505. The van der Waals surface area contributed by atoms with Gasteiger partial charge in [0.25, 0.3) is 0 Å². The molecule has 5 aromatic rings. The molecule has 0 saturated heterocycles. The fourth-order valence-corrected chi connectivity index (χ4v) is 3.44. The van der Waals surface area contributed by atoms with Crippen LogP contribution in [0.5, 0.6) is 0 Å². The molecule has 0 saturated carbocycles. The molecule has 5 rings (SSSR count). The predicted molar refractivity (Wildman–Crippen MR) is 110 cm³/mol. The molecule has 4 heterocycles. The van der Waals surface area contributed by atoms with E-state index in [4.69, 9.17) is 0 Å². The molecule has 0 unspecified atom stereocenters. The summed E-state index contributed by atoms with van der Waals surface area (Å²) in [7, 11) is 4.11. The molecule has 0 amide bonds. The summed E-state index contributed by atoms with van der Waals surface area (Å²) in [5.41, 5.74) is 6.89. The Kier molecular flexibility index (Phi) is 3.87. The highest BCUT2D eigenvalue weighted by atomic mass is 15.1. The zero-order chi connectivity index (χ0) is 19.1. The van der Waals surface area contributed by atoms with Crippen LogP contribution in [0.15, 0.2) is 55.1 Å². The maximum absolute atomic E-state index is 4.66. The summed E-state index contributed by atoms with van der Waals surface area (Å²) in [4.78, 5) is 18.7. The molecule has 4 aromatic heterocycles. The number of hydrogen-bond acceptors (Lipinski definition) is 5. The van der Waals surface area contributed by atoms with Crippen LogP contribution < -0.4 is 0 Å². The van der Waals surface area contributed by atoms with Gasteiger partial charge in [-0.3, -0.25) is 15.1 Å². The molecule has 0 aliphatic heterocycles. The van der Waals surface area contributed by atoms with E-state index in [1.807, 2.05) is 24.5 Å². The molecule has 0 radical (unpaired) electrons. The van der Waals surface area contributed by atoms with E-state index >= 15 is 0 Å². The molecule has 7 heteroatoms. The smallest absolute Gasteiger partial charge is 0.159 e. The lowest BCUT2D eigenvalue weighted by Gasteiger charge is -2.10. The third-order valence-electron chi connectivity index (χ3n) is 4.70. The third-order valence-corrected chi connectivity index (χ3v) is 4.70. The zero-order valence-corrected chi connectivity index (χ0v) is 15.6. The average Bonchev–Trinajstić information content (AvgIpc) is 3.30. The second kappa shape index (κ2) is 6.54. The Bertz CT molecular complexity index is 1250. The Morgan fingerprint density at radius 3 is 2.71 bits per heavy atom. The Balaban J connectivity index is 1.60. The fraction of sp³-hybridized carbons (Fsp3) is 0.143. The summed E-state index contributed by atoms with van der Waals surface area (Å²) in [6.45, 7) is 0.854. The number of hydrogen-bond donors (Lipinski definition) is 2. The lowest BCUT2D eigenvalue weighted by molar-refractivity contribution is 0.402. The van der Waals surface area contributed by atoms with Crippen molar-refractivity contribution in [2.24, 2.45) is 0 Å². The number of nitrogens with zero attached hydrogens (tertiary/aromatic N) is 5. The summed E-state index contributed by atoms with van der Waals surface area (Å²) in [6.07, 6.45) is 7.32.